The van der Waals surface area contributed by atoms with Crippen LogP contribution in [0.1, 0.15) is 17.4 Å². The van der Waals surface area contributed by atoms with E-state index in [1.807, 2.05) is 0 Å². The van der Waals surface area contributed by atoms with Gasteiger partial charge < -0.3 is 25.2 Å². The largest absolute Gasteiger partial charge is 0.502 e. The molecule has 0 aliphatic rings. The molecule has 2 aromatic rings. The van der Waals surface area contributed by atoms with Gasteiger partial charge in [-0.3, -0.25) is 4.99 Å². The fourth-order valence-electron chi connectivity index (χ4n) is 2.57. The number of thiophene rings is 1. The summed E-state index contributed by atoms with van der Waals surface area (Å²) in [6.45, 7) is 3.58. The highest BCUT2D eigenvalue weighted by Gasteiger charge is 2.12. The van der Waals surface area contributed by atoms with E-state index in [1.54, 1.807) is 30.5 Å². The van der Waals surface area contributed by atoms with Crippen molar-refractivity contribution >= 4 is 41.3 Å². The molecular weight excluding hydrogens is 477 g/mol. The number of ether oxygens (including phenoxy) is 2. The quantitative estimate of drug-likeness (QED) is 0.290. The van der Waals surface area contributed by atoms with Crippen molar-refractivity contribution in [1.82, 2.24) is 10.6 Å². The molecule has 0 radical (unpaired) electrons. The van der Waals surface area contributed by atoms with Crippen LogP contribution in [-0.2, 0) is 13.0 Å². The molecule has 0 fully saturated rings. The summed E-state index contributed by atoms with van der Waals surface area (Å²) in [6, 6.07) is 7.80. The summed E-state index contributed by atoms with van der Waals surface area (Å²) in [5, 5.41) is 18.7. The zero-order valence-electron chi connectivity index (χ0n) is 16.1. The Morgan fingerprint density at radius 3 is 2.41 bits per heavy atom. The number of nitrogens with one attached hydrogen (secondary N) is 2. The second-order valence-corrected chi connectivity index (χ2v) is 7.08. The summed E-state index contributed by atoms with van der Waals surface area (Å²) in [5.74, 6) is 2.00. The first-order valence-electron chi connectivity index (χ1n) is 8.48. The normalized spacial score (nSPS) is 12.1. The van der Waals surface area contributed by atoms with Gasteiger partial charge in [-0.1, -0.05) is 13.0 Å². The first-order valence-corrected chi connectivity index (χ1v) is 9.36. The maximum atomic E-state index is 9.98. The highest BCUT2D eigenvalue weighted by molar-refractivity contribution is 14.0. The Hall–Kier alpha value is -1.68. The van der Waals surface area contributed by atoms with Gasteiger partial charge in [0.05, 0.1) is 14.2 Å². The predicted molar refractivity (Wildman–Crippen MR) is 122 cm³/mol. The van der Waals surface area contributed by atoms with E-state index in [1.165, 1.54) is 19.1 Å². The number of guanidine groups is 1. The Labute approximate surface area is 182 Å². The number of halogens is 1. The Bertz CT molecular complexity index is 698. The molecule has 0 bridgehead atoms. The van der Waals surface area contributed by atoms with Crippen molar-refractivity contribution in [2.24, 2.45) is 10.9 Å². The fraction of sp³-hybridized carbons (Fsp3) is 0.421. The second kappa shape index (κ2) is 11.9. The predicted octanol–water partition coefficient (Wildman–Crippen LogP) is 3.63. The van der Waals surface area contributed by atoms with Crippen LogP contribution in [0.25, 0.3) is 0 Å². The zero-order chi connectivity index (χ0) is 18.9. The van der Waals surface area contributed by atoms with Gasteiger partial charge in [0.15, 0.2) is 17.5 Å². The van der Waals surface area contributed by atoms with Crippen LogP contribution >= 0.6 is 35.3 Å². The minimum Gasteiger partial charge on any atom is -0.502 e. The van der Waals surface area contributed by atoms with Gasteiger partial charge in [-0.05, 0) is 41.5 Å². The molecule has 1 unspecified atom stereocenters. The van der Waals surface area contributed by atoms with Crippen LogP contribution < -0.4 is 20.1 Å². The SMILES string of the molecule is CN=C(NCc1cc(OC)c(O)c(OC)c1)NCC(C)Cc1cccs1.I. The molecule has 0 saturated carbocycles. The van der Waals surface area contributed by atoms with Crippen molar-refractivity contribution in [3.8, 4) is 17.2 Å². The summed E-state index contributed by atoms with van der Waals surface area (Å²) in [6.07, 6.45) is 1.05. The molecule has 1 atom stereocenters. The van der Waals surface area contributed by atoms with Crippen molar-refractivity contribution < 1.29 is 14.6 Å². The van der Waals surface area contributed by atoms with E-state index in [4.69, 9.17) is 9.47 Å². The molecule has 0 amide bonds. The van der Waals surface area contributed by atoms with E-state index in [-0.39, 0.29) is 29.7 Å². The van der Waals surface area contributed by atoms with E-state index in [2.05, 4.69) is 40.1 Å². The summed E-state index contributed by atoms with van der Waals surface area (Å²) >= 11 is 1.79. The van der Waals surface area contributed by atoms with Gasteiger partial charge in [0, 0.05) is 25.0 Å². The number of hydrogen-bond acceptors (Lipinski definition) is 5. The van der Waals surface area contributed by atoms with Gasteiger partial charge in [-0.15, -0.1) is 35.3 Å². The van der Waals surface area contributed by atoms with Crippen molar-refractivity contribution in [3.63, 3.8) is 0 Å². The number of aliphatic imine (C=N–C) groups is 1. The Morgan fingerprint density at radius 1 is 1.22 bits per heavy atom. The minimum atomic E-state index is 0. The van der Waals surface area contributed by atoms with Crippen molar-refractivity contribution in [1.29, 1.82) is 0 Å². The fourth-order valence-corrected chi connectivity index (χ4v) is 3.44. The number of hydrogen-bond donors (Lipinski definition) is 3. The van der Waals surface area contributed by atoms with Gasteiger partial charge in [-0.2, -0.15) is 0 Å². The van der Waals surface area contributed by atoms with Gasteiger partial charge in [0.25, 0.3) is 0 Å². The summed E-state index contributed by atoms with van der Waals surface area (Å²) in [7, 11) is 4.78. The van der Waals surface area contributed by atoms with Crippen molar-refractivity contribution in [2.45, 2.75) is 19.9 Å². The lowest BCUT2D eigenvalue weighted by Gasteiger charge is -2.16. The standard InChI is InChI=1S/C19H27N3O3S.HI/c1-13(8-15-6-5-7-26-15)11-21-19(20-2)22-12-14-9-16(24-3)18(23)17(10-14)25-4;/h5-7,9-10,13,23H,8,11-12H2,1-4H3,(H2,20,21,22);1H. The molecule has 6 nitrogen and oxygen atoms in total. The third kappa shape index (κ3) is 7.10. The number of phenolic OH excluding ortho intramolecular Hbond substituents is 1. The maximum absolute atomic E-state index is 9.98. The first-order chi connectivity index (χ1) is 12.6. The first kappa shape index (κ1) is 23.4. The van der Waals surface area contributed by atoms with Crippen LogP contribution in [0.4, 0.5) is 0 Å². The summed E-state index contributed by atoms with van der Waals surface area (Å²) in [4.78, 5) is 5.65. The molecule has 27 heavy (non-hydrogen) atoms. The van der Waals surface area contributed by atoms with E-state index in [0.29, 0.717) is 24.0 Å². The third-order valence-corrected chi connectivity index (χ3v) is 4.87. The lowest BCUT2D eigenvalue weighted by atomic mass is 10.1. The van der Waals surface area contributed by atoms with Crippen molar-refractivity contribution in [2.75, 3.05) is 27.8 Å². The van der Waals surface area contributed by atoms with Crippen molar-refractivity contribution in [3.05, 3.63) is 40.1 Å². The number of nitrogens with zero attached hydrogens (tertiary/aromatic N) is 1. The Balaban J connectivity index is 0.00000364. The molecule has 8 heteroatoms. The Kier molecular flexibility index (Phi) is 10.3. The molecule has 150 valence electrons. The smallest absolute Gasteiger partial charge is 0.200 e. The molecule has 1 heterocycles. The highest BCUT2D eigenvalue weighted by atomic mass is 127. The molecule has 2 rings (SSSR count). The molecule has 0 aliphatic heterocycles. The molecule has 3 N–H and O–H groups in total. The van der Waals surface area contributed by atoms with Crippen LogP contribution in [0.15, 0.2) is 34.6 Å². The number of methoxy groups -OCH3 is 2. The van der Waals surface area contributed by atoms with Gasteiger partial charge >= 0.3 is 0 Å². The van der Waals surface area contributed by atoms with Crippen LogP contribution in [0.5, 0.6) is 17.2 Å². The monoisotopic (exact) mass is 505 g/mol. The molecule has 0 aliphatic carbocycles. The lowest BCUT2D eigenvalue weighted by Crippen LogP contribution is -2.39. The molecular formula is C19H28IN3O3S. The highest BCUT2D eigenvalue weighted by Crippen LogP contribution is 2.36. The van der Waals surface area contributed by atoms with Crippen LogP contribution in [0, 0.1) is 5.92 Å². The molecule has 1 aromatic carbocycles. The minimum absolute atomic E-state index is 0. The summed E-state index contributed by atoms with van der Waals surface area (Å²) < 4.78 is 10.4. The van der Waals surface area contributed by atoms with E-state index >= 15 is 0 Å². The molecule has 0 saturated heterocycles. The number of rotatable bonds is 8. The van der Waals surface area contributed by atoms with Gasteiger partial charge in [-0.25, -0.2) is 0 Å². The average Bonchev–Trinajstić information content (AvgIpc) is 3.15. The van der Waals surface area contributed by atoms with Gasteiger partial charge in [0.2, 0.25) is 5.75 Å². The van der Waals surface area contributed by atoms with Crippen LogP contribution in [0.2, 0.25) is 0 Å². The number of phenols is 1. The van der Waals surface area contributed by atoms with Gasteiger partial charge in [0.1, 0.15) is 0 Å². The topological polar surface area (TPSA) is 75.1 Å². The molecule has 0 spiro atoms. The average molecular weight is 505 g/mol. The van der Waals surface area contributed by atoms with E-state index < -0.39 is 0 Å². The van der Waals surface area contributed by atoms with Crippen LogP contribution in [0.3, 0.4) is 0 Å². The zero-order valence-corrected chi connectivity index (χ0v) is 19.3. The van der Waals surface area contributed by atoms with Crippen LogP contribution in [-0.4, -0.2) is 38.9 Å². The summed E-state index contributed by atoms with van der Waals surface area (Å²) in [5.41, 5.74) is 0.922. The Morgan fingerprint density at radius 2 is 1.89 bits per heavy atom. The maximum Gasteiger partial charge on any atom is 0.200 e. The second-order valence-electron chi connectivity index (χ2n) is 6.04. The number of aromatic hydroxyl groups is 1. The third-order valence-electron chi connectivity index (χ3n) is 3.97. The van der Waals surface area contributed by atoms with E-state index in [9.17, 15) is 5.11 Å². The van der Waals surface area contributed by atoms with E-state index in [0.717, 1.165) is 24.5 Å². The molecule has 1 aromatic heterocycles. The number of benzene rings is 1. The lowest BCUT2D eigenvalue weighted by molar-refractivity contribution is 0.339.